The molecular formula is C19H30N6. The van der Waals surface area contributed by atoms with Gasteiger partial charge < -0.3 is 11.1 Å². The lowest BCUT2D eigenvalue weighted by atomic mass is 9.90. The Bertz CT molecular complexity index is 659. The lowest BCUT2D eigenvalue weighted by molar-refractivity contribution is 0.320. The van der Waals surface area contributed by atoms with Gasteiger partial charge in [-0.05, 0) is 55.0 Å². The zero-order valence-corrected chi connectivity index (χ0v) is 15.4. The van der Waals surface area contributed by atoms with Crippen LogP contribution in [0.15, 0.2) is 24.3 Å². The molecule has 0 bridgehead atoms. The predicted molar refractivity (Wildman–Crippen MR) is 99.1 cm³/mol. The first-order chi connectivity index (χ1) is 12.2. The summed E-state index contributed by atoms with van der Waals surface area (Å²) in [5.74, 6) is 0.911. The number of aromatic nitrogens is 4. The summed E-state index contributed by atoms with van der Waals surface area (Å²) in [6.07, 6.45) is 6.59. The summed E-state index contributed by atoms with van der Waals surface area (Å²) in [5.41, 5.74) is 8.54. The summed E-state index contributed by atoms with van der Waals surface area (Å²) in [6.45, 7) is 5.17. The number of hydrogen-bond donors (Lipinski definition) is 2. The Labute approximate surface area is 150 Å². The van der Waals surface area contributed by atoms with Crippen molar-refractivity contribution in [1.82, 2.24) is 25.5 Å². The van der Waals surface area contributed by atoms with E-state index in [0.717, 1.165) is 50.9 Å². The van der Waals surface area contributed by atoms with E-state index < -0.39 is 0 Å². The number of benzene rings is 1. The van der Waals surface area contributed by atoms with Crippen LogP contribution >= 0.6 is 0 Å². The van der Waals surface area contributed by atoms with E-state index in [-0.39, 0.29) is 6.04 Å². The smallest absolute Gasteiger partial charge is 0.172 e. The molecule has 1 aromatic heterocycles. The van der Waals surface area contributed by atoms with Crippen LogP contribution in [0.2, 0.25) is 0 Å². The highest BCUT2D eigenvalue weighted by Gasteiger charge is 2.26. The largest absolute Gasteiger partial charge is 0.328 e. The number of nitrogens with one attached hydrogen (secondary N) is 1. The van der Waals surface area contributed by atoms with E-state index in [9.17, 15) is 0 Å². The topological polar surface area (TPSA) is 81.7 Å². The van der Waals surface area contributed by atoms with Crippen LogP contribution in [0, 0.1) is 6.92 Å². The van der Waals surface area contributed by atoms with Crippen LogP contribution in [-0.4, -0.2) is 32.3 Å². The molecule has 1 aromatic carbocycles. The van der Waals surface area contributed by atoms with Gasteiger partial charge in [-0.2, -0.15) is 0 Å². The van der Waals surface area contributed by atoms with Crippen LogP contribution in [0.3, 0.4) is 0 Å². The molecule has 0 aliphatic heterocycles. The third-order valence-electron chi connectivity index (χ3n) is 5.09. The Morgan fingerprint density at radius 2 is 2.08 bits per heavy atom. The second kappa shape index (κ2) is 8.54. The van der Waals surface area contributed by atoms with Crippen molar-refractivity contribution in [1.29, 1.82) is 0 Å². The molecule has 1 atom stereocenters. The van der Waals surface area contributed by atoms with Gasteiger partial charge in [0.05, 0.1) is 6.04 Å². The van der Waals surface area contributed by atoms with Gasteiger partial charge in [0.15, 0.2) is 5.82 Å². The second-order valence-corrected chi connectivity index (χ2v) is 7.24. The summed E-state index contributed by atoms with van der Waals surface area (Å²) in [6, 6.07) is 9.46. The van der Waals surface area contributed by atoms with E-state index in [1.807, 2.05) is 4.68 Å². The number of nitrogens with two attached hydrogens (primary N) is 1. The fourth-order valence-electron chi connectivity index (χ4n) is 3.58. The lowest BCUT2D eigenvalue weighted by Gasteiger charge is -2.30. The normalized spacial score (nSPS) is 22.0. The standard InChI is InChI=1S/C19H30N6/c1-3-4-12-25-19(22-23-24-25)18(15-7-5-6-14(2)13-15)21-17-10-8-16(20)9-11-17/h5-7,13,16-18,21H,3-4,8-12,20H2,1-2H3. The van der Waals surface area contributed by atoms with Crippen molar-refractivity contribution in [3.63, 3.8) is 0 Å². The van der Waals surface area contributed by atoms with Gasteiger partial charge in [0.2, 0.25) is 0 Å². The third kappa shape index (κ3) is 4.64. The molecule has 1 saturated carbocycles. The number of hydrogen-bond acceptors (Lipinski definition) is 5. The molecule has 6 heteroatoms. The predicted octanol–water partition coefficient (Wildman–Crippen LogP) is 2.73. The van der Waals surface area contributed by atoms with Crippen LogP contribution in [0.25, 0.3) is 0 Å². The fraction of sp³-hybridized carbons (Fsp3) is 0.632. The minimum absolute atomic E-state index is 0.0195. The monoisotopic (exact) mass is 342 g/mol. The fourth-order valence-corrected chi connectivity index (χ4v) is 3.58. The van der Waals surface area contributed by atoms with E-state index >= 15 is 0 Å². The highest BCUT2D eigenvalue weighted by atomic mass is 15.5. The van der Waals surface area contributed by atoms with Crippen molar-refractivity contribution >= 4 is 0 Å². The van der Waals surface area contributed by atoms with Crippen molar-refractivity contribution < 1.29 is 0 Å². The number of rotatable bonds is 7. The van der Waals surface area contributed by atoms with Gasteiger partial charge in [0.25, 0.3) is 0 Å². The zero-order chi connectivity index (χ0) is 17.6. The van der Waals surface area contributed by atoms with Gasteiger partial charge in [-0.25, -0.2) is 4.68 Å². The Balaban J connectivity index is 1.85. The third-order valence-corrected chi connectivity index (χ3v) is 5.09. The zero-order valence-electron chi connectivity index (χ0n) is 15.4. The molecule has 1 unspecified atom stereocenters. The van der Waals surface area contributed by atoms with Gasteiger partial charge >= 0.3 is 0 Å². The molecular weight excluding hydrogens is 312 g/mol. The summed E-state index contributed by atoms with van der Waals surface area (Å²) >= 11 is 0. The summed E-state index contributed by atoms with van der Waals surface area (Å²) in [7, 11) is 0. The van der Waals surface area contributed by atoms with E-state index in [1.54, 1.807) is 0 Å². The Kier molecular flexibility index (Phi) is 6.15. The van der Waals surface area contributed by atoms with Gasteiger partial charge in [-0.1, -0.05) is 43.2 Å². The average molecular weight is 342 g/mol. The molecule has 1 heterocycles. The highest BCUT2D eigenvalue weighted by Crippen LogP contribution is 2.25. The van der Waals surface area contributed by atoms with E-state index in [2.05, 4.69) is 59.0 Å². The minimum atomic E-state index is 0.0195. The first kappa shape index (κ1) is 18.0. The summed E-state index contributed by atoms with van der Waals surface area (Å²) in [4.78, 5) is 0. The quantitative estimate of drug-likeness (QED) is 0.808. The molecule has 0 amide bonds. The molecule has 1 fully saturated rings. The van der Waals surface area contributed by atoms with Crippen molar-refractivity contribution in [2.45, 2.75) is 77.0 Å². The number of unbranched alkanes of at least 4 members (excludes halogenated alkanes) is 1. The van der Waals surface area contributed by atoms with Crippen LogP contribution < -0.4 is 11.1 Å². The summed E-state index contributed by atoms with van der Waals surface area (Å²) < 4.78 is 1.96. The molecule has 3 N–H and O–H groups in total. The second-order valence-electron chi connectivity index (χ2n) is 7.24. The number of nitrogens with zero attached hydrogens (tertiary/aromatic N) is 4. The first-order valence-electron chi connectivity index (χ1n) is 9.51. The molecule has 0 saturated heterocycles. The molecule has 6 nitrogen and oxygen atoms in total. The SMILES string of the molecule is CCCCn1nnnc1C(NC1CCC(N)CC1)c1cccc(C)c1. The molecule has 1 aliphatic rings. The Morgan fingerprint density at radius 1 is 1.28 bits per heavy atom. The van der Waals surface area contributed by atoms with Gasteiger partial charge in [0.1, 0.15) is 0 Å². The summed E-state index contributed by atoms with van der Waals surface area (Å²) in [5, 5.41) is 16.4. The average Bonchev–Trinajstić information content (AvgIpc) is 3.07. The Hall–Kier alpha value is -1.79. The van der Waals surface area contributed by atoms with Crippen molar-refractivity contribution in [3.05, 3.63) is 41.2 Å². The molecule has 2 aromatic rings. The maximum atomic E-state index is 6.07. The van der Waals surface area contributed by atoms with Crippen molar-refractivity contribution in [2.75, 3.05) is 0 Å². The van der Waals surface area contributed by atoms with Crippen molar-refractivity contribution in [3.8, 4) is 0 Å². The van der Waals surface area contributed by atoms with Crippen molar-refractivity contribution in [2.24, 2.45) is 5.73 Å². The molecule has 0 radical (unpaired) electrons. The van der Waals surface area contributed by atoms with Gasteiger partial charge in [0, 0.05) is 18.6 Å². The maximum Gasteiger partial charge on any atom is 0.172 e. The van der Waals surface area contributed by atoms with Crippen LogP contribution in [0.5, 0.6) is 0 Å². The number of tetrazole rings is 1. The Morgan fingerprint density at radius 3 is 2.80 bits per heavy atom. The molecule has 1 aliphatic carbocycles. The molecule has 3 rings (SSSR count). The van der Waals surface area contributed by atoms with E-state index in [0.29, 0.717) is 12.1 Å². The van der Waals surface area contributed by atoms with Gasteiger partial charge in [-0.15, -0.1) is 5.10 Å². The lowest BCUT2D eigenvalue weighted by Crippen LogP contribution is -2.40. The van der Waals surface area contributed by atoms with Crippen LogP contribution in [0.4, 0.5) is 0 Å². The van der Waals surface area contributed by atoms with E-state index in [4.69, 9.17) is 5.73 Å². The maximum absolute atomic E-state index is 6.07. The van der Waals surface area contributed by atoms with Crippen LogP contribution in [0.1, 0.15) is 68.4 Å². The molecule has 136 valence electrons. The highest BCUT2D eigenvalue weighted by molar-refractivity contribution is 5.29. The van der Waals surface area contributed by atoms with Gasteiger partial charge in [-0.3, -0.25) is 0 Å². The molecule has 25 heavy (non-hydrogen) atoms. The minimum Gasteiger partial charge on any atom is -0.328 e. The molecule has 0 spiro atoms. The number of aryl methyl sites for hydroxylation is 2. The van der Waals surface area contributed by atoms with Crippen LogP contribution in [-0.2, 0) is 6.54 Å². The first-order valence-corrected chi connectivity index (χ1v) is 9.51. The van der Waals surface area contributed by atoms with E-state index in [1.165, 1.54) is 11.1 Å².